The summed E-state index contributed by atoms with van der Waals surface area (Å²) >= 11 is 0. The van der Waals surface area contributed by atoms with Crippen LogP contribution in [0.25, 0.3) is 0 Å². The van der Waals surface area contributed by atoms with Gasteiger partial charge in [0.15, 0.2) is 0 Å². The molecule has 0 aliphatic rings. The van der Waals surface area contributed by atoms with Crippen molar-refractivity contribution in [2.45, 2.75) is 13.1 Å². The van der Waals surface area contributed by atoms with E-state index in [1.807, 2.05) is 36.4 Å². The predicted octanol–water partition coefficient (Wildman–Crippen LogP) is 3.21. The van der Waals surface area contributed by atoms with Crippen LogP contribution in [-0.2, 0) is 13.1 Å². The Kier molecular flexibility index (Phi) is 4.52. The Morgan fingerprint density at radius 3 is 1.61 bits per heavy atom. The first-order valence-corrected chi connectivity index (χ1v) is 6.05. The molecule has 0 aliphatic carbocycles. The van der Waals surface area contributed by atoms with Crippen LogP contribution in [-0.4, -0.2) is 11.4 Å². The smallest absolute Gasteiger partial charge is 0.0871 e. The van der Waals surface area contributed by atoms with Gasteiger partial charge in [-0.1, -0.05) is 60.7 Å². The number of nitriles is 1. The summed E-state index contributed by atoms with van der Waals surface area (Å²) in [5, 5.41) is 8.90. The second-order valence-corrected chi connectivity index (χ2v) is 4.27. The quantitative estimate of drug-likeness (QED) is 0.745. The maximum atomic E-state index is 8.90. The lowest BCUT2D eigenvalue weighted by Crippen LogP contribution is -2.23. The monoisotopic (exact) mass is 236 g/mol. The van der Waals surface area contributed by atoms with Crippen LogP contribution in [0.3, 0.4) is 0 Å². The van der Waals surface area contributed by atoms with Crippen molar-refractivity contribution >= 4 is 0 Å². The van der Waals surface area contributed by atoms with E-state index in [2.05, 4.69) is 35.2 Å². The Morgan fingerprint density at radius 2 is 1.22 bits per heavy atom. The SMILES string of the molecule is N#CCN(Cc1ccccc1)Cc1ccccc1. The molecule has 0 aliphatic heterocycles. The average Bonchev–Trinajstić information content (AvgIpc) is 2.41. The first-order valence-electron chi connectivity index (χ1n) is 6.05. The molecule has 2 heteroatoms. The van der Waals surface area contributed by atoms with Gasteiger partial charge in [-0.25, -0.2) is 0 Å². The zero-order chi connectivity index (χ0) is 12.6. The average molecular weight is 236 g/mol. The fourth-order valence-corrected chi connectivity index (χ4v) is 1.95. The summed E-state index contributed by atoms with van der Waals surface area (Å²) < 4.78 is 0. The van der Waals surface area contributed by atoms with Gasteiger partial charge in [-0.2, -0.15) is 5.26 Å². The number of hydrogen-bond acceptors (Lipinski definition) is 2. The molecule has 0 N–H and O–H groups in total. The van der Waals surface area contributed by atoms with Crippen LogP contribution in [0, 0.1) is 11.3 Å². The van der Waals surface area contributed by atoms with Crippen molar-refractivity contribution in [2.75, 3.05) is 6.54 Å². The van der Waals surface area contributed by atoms with Gasteiger partial charge in [0.25, 0.3) is 0 Å². The van der Waals surface area contributed by atoms with Crippen LogP contribution in [0.5, 0.6) is 0 Å². The standard InChI is InChI=1S/C16H16N2/c17-11-12-18(13-15-7-3-1-4-8-15)14-16-9-5-2-6-10-16/h1-10H,12-14H2. The molecule has 0 fully saturated rings. The van der Waals surface area contributed by atoms with Gasteiger partial charge in [0, 0.05) is 13.1 Å². The summed E-state index contributed by atoms with van der Waals surface area (Å²) in [6.07, 6.45) is 0. The topological polar surface area (TPSA) is 27.0 Å². The number of hydrogen-bond donors (Lipinski definition) is 0. The minimum atomic E-state index is 0.448. The normalized spacial score (nSPS) is 10.2. The Morgan fingerprint density at radius 1 is 0.778 bits per heavy atom. The summed E-state index contributed by atoms with van der Waals surface area (Å²) in [5.41, 5.74) is 2.48. The van der Waals surface area contributed by atoms with Gasteiger partial charge >= 0.3 is 0 Å². The molecule has 18 heavy (non-hydrogen) atoms. The van der Waals surface area contributed by atoms with E-state index in [0.29, 0.717) is 6.54 Å². The molecule has 0 spiro atoms. The van der Waals surface area contributed by atoms with Crippen molar-refractivity contribution in [3.05, 3.63) is 71.8 Å². The molecule has 0 aromatic heterocycles. The molecule has 0 atom stereocenters. The van der Waals surface area contributed by atoms with Gasteiger partial charge in [0.1, 0.15) is 0 Å². The Balaban J connectivity index is 2.03. The fourth-order valence-electron chi connectivity index (χ4n) is 1.95. The molecule has 0 heterocycles. The molecule has 0 radical (unpaired) electrons. The zero-order valence-corrected chi connectivity index (χ0v) is 10.3. The number of rotatable bonds is 5. The Hall–Kier alpha value is -2.11. The first-order chi connectivity index (χ1) is 8.88. The molecule has 0 unspecified atom stereocenters. The lowest BCUT2D eigenvalue weighted by molar-refractivity contribution is 0.289. The largest absolute Gasteiger partial charge is 0.282 e. The number of nitrogens with zero attached hydrogens (tertiary/aromatic N) is 2. The third-order valence-electron chi connectivity index (χ3n) is 2.79. The van der Waals surface area contributed by atoms with Crippen molar-refractivity contribution in [1.29, 1.82) is 5.26 Å². The Labute approximate surface area is 108 Å². The van der Waals surface area contributed by atoms with Crippen molar-refractivity contribution in [3.63, 3.8) is 0 Å². The lowest BCUT2D eigenvalue weighted by atomic mass is 10.1. The fraction of sp³-hybridized carbons (Fsp3) is 0.188. The van der Waals surface area contributed by atoms with E-state index < -0.39 is 0 Å². The molecule has 0 saturated carbocycles. The van der Waals surface area contributed by atoms with E-state index in [-0.39, 0.29) is 0 Å². The molecule has 90 valence electrons. The van der Waals surface area contributed by atoms with Gasteiger partial charge < -0.3 is 0 Å². The molecule has 0 amide bonds. The molecule has 2 aromatic carbocycles. The molecule has 2 nitrogen and oxygen atoms in total. The number of benzene rings is 2. The molecular weight excluding hydrogens is 220 g/mol. The van der Waals surface area contributed by atoms with E-state index in [1.54, 1.807) is 0 Å². The van der Waals surface area contributed by atoms with Crippen molar-refractivity contribution in [3.8, 4) is 6.07 Å². The highest BCUT2D eigenvalue weighted by atomic mass is 15.1. The van der Waals surface area contributed by atoms with Crippen LogP contribution in [0.1, 0.15) is 11.1 Å². The molecule has 2 rings (SSSR count). The zero-order valence-electron chi connectivity index (χ0n) is 10.3. The highest BCUT2D eigenvalue weighted by Gasteiger charge is 2.06. The highest BCUT2D eigenvalue weighted by molar-refractivity contribution is 5.17. The van der Waals surface area contributed by atoms with E-state index in [0.717, 1.165) is 13.1 Å². The van der Waals surface area contributed by atoms with Gasteiger partial charge in [-0.15, -0.1) is 0 Å². The van der Waals surface area contributed by atoms with Gasteiger partial charge in [-0.3, -0.25) is 4.90 Å². The highest BCUT2D eigenvalue weighted by Crippen LogP contribution is 2.09. The van der Waals surface area contributed by atoms with Crippen molar-refractivity contribution in [2.24, 2.45) is 0 Å². The van der Waals surface area contributed by atoms with Crippen molar-refractivity contribution < 1.29 is 0 Å². The maximum Gasteiger partial charge on any atom is 0.0871 e. The minimum Gasteiger partial charge on any atom is -0.282 e. The molecule has 2 aromatic rings. The van der Waals surface area contributed by atoms with E-state index >= 15 is 0 Å². The molecular formula is C16H16N2. The molecule has 0 bridgehead atoms. The first kappa shape index (κ1) is 12.3. The summed E-state index contributed by atoms with van der Waals surface area (Å²) in [4.78, 5) is 2.14. The summed E-state index contributed by atoms with van der Waals surface area (Å²) in [6.45, 7) is 2.07. The van der Waals surface area contributed by atoms with Crippen LogP contribution in [0.4, 0.5) is 0 Å². The molecule has 0 saturated heterocycles. The summed E-state index contributed by atoms with van der Waals surface area (Å²) in [6, 6.07) is 22.7. The maximum absolute atomic E-state index is 8.90. The third kappa shape index (κ3) is 3.73. The summed E-state index contributed by atoms with van der Waals surface area (Å²) in [7, 11) is 0. The van der Waals surface area contributed by atoms with Crippen LogP contribution < -0.4 is 0 Å². The van der Waals surface area contributed by atoms with Crippen LogP contribution in [0.15, 0.2) is 60.7 Å². The van der Waals surface area contributed by atoms with E-state index in [4.69, 9.17) is 5.26 Å². The predicted molar refractivity (Wildman–Crippen MR) is 72.6 cm³/mol. The Bertz CT molecular complexity index is 458. The van der Waals surface area contributed by atoms with Crippen LogP contribution >= 0.6 is 0 Å². The lowest BCUT2D eigenvalue weighted by Gasteiger charge is -2.19. The second kappa shape index (κ2) is 6.58. The van der Waals surface area contributed by atoms with Gasteiger partial charge in [-0.05, 0) is 11.1 Å². The minimum absolute atomic E-state index is 0.448. The van der Waals surface area contributed by atoms with E-state index in [9.17, 15) is 0 Å². The summed E-state index contributed by atoms with van der Waals surface area (Å²) in [5.74, 6) is 0. The third-order valence-corrected chi connectivity index (χ3v) is 2.79. The second-order valence-electron chi connectivity index (χ2n) is 4.27. The van der Waals surface area contributed by atoms with Crippen molar-refractivity contribution in [1.82, 2.24) is 4.90 Å². The van der Waals surface area contributed by atoms with E-state index in [1.165, 1.54) is 11.1 Å². The van der Waals surface area contributed by atoms with Gasteiger partial charge in [0.2, 0.25) is 0 Å². The van der Waals surface area contributed by atoms with Gasteiger partial charge in [0.05, 0.1) is 12.6 Å². The van der Waals surface area contributed by atoms with Crippen LogP contribution in [0.2, 0.25) is 0 Å².